The van der Waals surface area contributed by atoms with Gasteiger partial charge in [-0.3, -0.25) is 13.9 Å². The molecule has 1 heterocycles. The second-order valence-corrected chi connectivity index (χ2v) is 12.4. The number of methoxy groups -OCH3 is 1. The molecule has 2 N–H and O–H groups in total. The van der Waals surface area contributed by atoms with E-state index in [1.54, 1.807) is 0 Å². The van der Waals surface area contributed by atoms with Crippen molar-refractivity contribution in [2.24, 2.45) is 15.3 Å². The van der Waals surface area contributed by atoms with Crippen molar-refractivity contribution in [3.8, 4) is 5.75 Å². The van der Waals surface area contributed by atoms with E-state index in [9.17, 15) is 30.0 Å². The maximum Gasteiger partial charge on any atom is 0.397 e. The quantitative estimate of drug-likeness (QED) is 0.300. The highest BCUT2D eigenvalue weighted by Gasteiger charge is 2.35. The van der Waals surface area contributed by atoms with E-state index in [0.29, 0.717) is 0 Å². The van der Waals surface area contributed by atoms with Crippen LogP contribution >= 0.6 is 0 Å². The average molecular weight is 591 g/mol. The number of hydrogen-bond acceptors (Lipinski definition) is 12. The first-order valence-corrected chi connectivity index (χ1v) is 14.9. The minimum Gasteiger partial charge on any atom is -0.494 e. The fourth-order valence-corrected chi connectivity index (χ4v) is 5.58. The van der Waals surface area contributed by atoms with Gasteiger partial charge in [0.2, 0.25) is 0 Å². The fraction of sp³-hybridized carbons (Fsp3) is 0.300. The average Bonchev–Trinajstić information content (AvgIpc) is 3.09. The molecule has 0 bridgehead atoms. The molecule has 206 valence electrons. The molecule has 18 heteroatoms. The lowest BCUT2D eigenvalue weighted by Crippen LogP contribution is -2.29. The normalized spacial score (nSPS) is 16.8. The largest absolute Gasteiger partial charge is 0.494 e. The zero-order valence-corrected chi connectivity index (χ0v) is 22.5. The van der Waals surface area contributed by atoms with Gasteiger partial charge in [0, 0.05) is 6.07 Å². The molecule has 1 atom stereocenters. The smallest absolute Gasteiger partial charge is 0.397 e. The number of hydrogen-bond donors (Lipinski definition) is 2. The predicted molar refractivity (Wildman–Crippen MR) is 132 cm³/mol. The van der Waals surface area contributed by atoms with Gasteiger partial charge in [-0.1, -0.05) is 0 Å². The van der Waals surface area contributed by atoms with Crippen LogP contribution in [-0.2, 0) is 39.3 Å². The van der Waals surface area contributed by atoms with Crippen LogP contribution in [0.2, 0.25) is 0 Å². The van der Waals surface area contributed by atoms with Crippen molar-refractivity contribution in [3.05, 3.63) is 42.0 Å². The van der Waals surface area contributed by atoms with Crippen molar-refractivity contribution >= 4 is 53.3 Å². The Bertz CT molecular complexity index is 1630. The molecule has 0 saturated heterocycles. The molecule has 0 aliphatic carbocycles. The molecule has 1 unspecified atom stereocenters. The number of rotatable bonds is 10. The Morgan fingerprint density at radius 2 is 1.66 bits per heavy atom. The lowest BCUT2D eigenvalue weighted by atomic mass is 10.2. The number of sulfone groups is 1. The summed E-state index contributed by atoms with van der Waals surface area (Å²) in [7, 11) is -12.0. The number of amides is 1. The van der Waals surface area contributed by atoms with Gasteiger partial charge in [-0.05, 0) is 49.7 Å². The number of carbonyl (C=O) groups excluding carboxylic acids is 1. The summed E-state index contributed by atoms with van der Waals surface area (Å²) in [4.78, 5) is 12.4. The van der Waals surface area contributed by atoms with Gasteiger partial charge in [-0.25, -0.2) is 12.6 Å². The summed E-state index contributed by atoms with van der Waals surface area (Å²) >= 11 is 0. The van der Waals surface area contributed by atoms with Gasteiger partial charge in [0.1, 0.15) is 11.4 Å². The van der Waals surface area contributed by atoms with Crippen LogP contribution in [0, 0.1) is 6.92 Å². The number of anilines is 1. The van der Waals surface area contributed by atoms with Gasteiger partial charge in [0.05, 0.1) is 40.7 Å². The van der Waals surface area contributed by atoms with Crippen molar-refractivity contribution in [2.75, 3.05) is 24.5 Å². The Morgan fingerprint density at radius 1 is 1.03 bits per heavy atom. The molecule has 2 aromatic rings. The van der Waals surface area contributed by atoms with Crippen LogP contribution in [0.15, 0.2) is 61.5 Å². The highest BCUT2D eigenvalue weighted by molar-refractivity contribution is 7.91. The first-order valence-electron chi connectivity index (χ1n) is 10.4. The standard InChI is InChI=1S/C20H22N4O11S3/c1-12-10-16(17(34-3)11-18(12)36(26,27)9-8-35-38(31,32)33)21-22-19-13(2)23-24(20(19)25)14-4-6-15(7-5-14)37(28,29)30/h4-7,10-11,19H,8-9H2,1-3H3,(H,28,29,30)(H,31,32,33)/b22-21+. The number of nitrogens with zero attached hydrogens (tertiary/aromatic N) is 4. The first-order chi connectivity index (χ1) is 17.5. The Labute approximate surface area is 218 Å². The summed E-state index contributed by atoms with van der Waals surface area (Å²) in [6, 6.07) is 6.14. The zero-order chi connectivity index (χ0) is 28.5. The monoisotopic (exact) mass is 590 g/mol. The van der Waals surface area contributed by atoms with Crippen LogP contribution in [0.3, 0.4) is 0 Å². The molecule has 0 aromatic heterocycles. The van der Waals surface area contributed by atoms with Crippen molar-refractivity contribution in [1.82, 2.24) is 0 Å². The molecule has 0 radical (unpaired) electrons. The minimum atomic E-state index is -4.80. The van der Waals surface area contributed by atoms with Gasteiger partial charge >= 0.3 is 10.4 Å². The van der Waals surface area contributed by atoms with Gasteiger partial charge in [0.25, 0.3) is 16.0 Å². The second-order valence-electron chi connectivity index (χ2n) is 7.84. The number of hydrazone groups is 1. The number of ether oxygens (including phenoxy) is 1. The summed E-state index contributed by atoms with van der Waals surface area (Å²) in [6.07, 6.45) is 0. The Kier molecular flexibility index (Phi) is 8.34. The highest BCUT2D eigenvalue weighted by atomic mass is 32.3. The lowest BCUT2D eigenvalue weighted by Gasteiger charge is -2.13. The molecule has 1 aliphatic rings. The number of azo groups is 1. The maximum atomic E-state index is 12.9. The Morgan fingerprint density at radius 3 is 2.21 bits per heavy atom. The predicted octanol–water partition coefficient (Wildman–Crippen LogP) is 1.72. The summed E-state index contributed by atoms with van der Waals surface area (Å²) in [6.45, 7) is 2.18. The maximum absolute atomic E-state index is 12.9. The minimum absolute atomic E-state index is 0.00804. The second kappa shape index (κ2) is 10.8. The third-order valence-corrected chi connectivity index (χ3v) is 8.30. The molecule has 1 aliphatic heterocycles. The molecular weight excluding hydrogens is 568 g/mol. The van der Waals surface area contributed by atoms with Crippen LogP contribution in [0.1, 0.15) is 12.5 Å². The molecule has 0 saturated carbocycles. The Hall–Kier alpha value is -3.29. The summed E-state index contributed by atoms with van der Waals surface area (Å²) in [5.41, 5.74) is 0.803. The van der Waals surface area contributed by atoms with Crippen LogP contribution < -0.4 is 9.75 Å². The summed E-state index contributed by atoms with van der Waals surface area (Å²) in [5, 5.41) is 13.2. The van der Waals surface area contributed by atoms with Crippen LogP contribution in [0.4, 0.5) is 11.4 Å². The highest BCUT2D eigenvalue weighted by Crippen LogP contribution is 2.34. The fourth-order valence-electron chi connectivity index (χ4n) is 3.34. The summed E-state index contributed by atoms with van der Waals surface area (Å²) in [5.74, 6) is -1.35. The first kappa shape index (κ1) is 29.3. The molecule has 3 rings (SSSR count). The van der Waals surface area contributed by atoms with Gasteiger partial charge in [-0.2, -0.15) is 37.2 Å². The van der Waals surface area contributed by atoms with Crippen molar-refractivity contribution < 1.29 is 48.1 Å². The van der Waals surface area contributed by atoms with Crippen molar-refractivity contribution in [1.29, 1.82) is 0 Å². The molecule has 0 fully saturated rings. The Balaban J connectivity index is 1.83. The number of aryl methyl sites for hydroxylation is 1. The van der Waals surface area contributed by atoms with E-state index in [-0.39, 0.29) is 38.2 Å². The zero-order valence-electron chi connectivity index (χ0n) is 20.0. The van der Waals surface area contributed by atoms with Crippen LogP contribution in [-0.4, -0.2) is 71.5 Å². The van der Waals surface area contributed by atoms with E-state index in [2.05, 4.69) is 19.5 Å². The molecular formula is C20H22N4O11S3. The van der Waals surface area contributed by atoms with E-state index in [1.165, 1.54) is 39.2 Å². The van der Waals surface area contributed by atoms with E-state index in [1.807, 2.05) is 0 Å². The lowest BCUT2D eigenvalue weighted by molar-refractivity contribution is -0.117. The molecule has 2 aromatic carbocycles. The van der Waals surface area contributed by atoms with E-state index < -0.39 is 54.7 Å². The molecule has 0 spiro atoms. The van der Waals surface area contributed by atoms with E-state index >= 15 is 0 Å². The van der Waals surface area contributed by atoms with Crippen LogP contribution in [0.5, 0.6) is 5.75 Å². The van der Waals surface area contributed by atoms with Crippen LogP contribution in [0.25, 0.3) is 0 Å². The van der Waals surface area contributed by atoms with Gasteiger partial charge < -0.3 is 4.74 Å². The third-order valence-electron chi connectivity index (χ3n) is 5.15. The van der Waals surface area contributed by atoms with Gasteiger partial charge in [-0.15, -0.1) is 0 Å². The number of carbonyl (C=O) groups is 1. The summed E-state index contributed by atoms with van der Waals surface area (Å²) < 4.78 is 96.1. The molecule has 15 nitrogen and oxygen atoms in total. The van der Waals surface area contributed by atoms with Crippen molar-refractivity contribution in [3.63, 3.8) is 0 Å². The van der Waals surface area contributed by atoms with E-state index in [0.717, 1.165) is 23.2 Å². The molecule has 38 heavy (non-hydrogen) atoms. The van der Waals surface area contributed by atoms with Gasteiger partial charge in [0.15, 0.2) is 15.9 Å². The number of benzene rings is 2. The topological polar surface area (TPSA) is 219 Å². The third kappa shape index (κ3) is 6.77. The van der Waals surface area contributed by atoms with Crippen molar-refractivity contribution in [2.45, 2.75) is 29.7 Å². The van der Waals surface area contributed by atoms with E-state index in [4.69, 9.17) is 13.8 Å². The molecule has 1 amide bonds. The SMILES string of the molecule is COc1cc(S(=O)(=O)CCOS(=O)(=O)O)c(C)cc1/N=N/C1C(=O)N(c2ccc(S(=O)(=O)O)cc2)N=C1C.